The van der Waals surface area contributed by atoms with Crippen molar-refractivity contribution in [2.75, 3.05) is 25.2 Å². The van der Waals surface area contributed by atoms with Gasteiger partial charge in [-0.25, -0.2) is 4.39 Å². The van der Waals surface area contributed by atoms with Gasteiger partial charge in [0.05, 0.1) is 26.0 Å². The minimum Gasteiger partial charge on any atom is -0.497 e. The van der Waals surface area contributed by atoms with Crippen LogP contribution in [0.5, 0.6) is 5.75 Å². The van der Waals surface area contributed by atoms with Crippen molar-refractivity contribution in [3.05, 3.63) is 95.3 Å². The summed E-state index contributed by atoms with van der Waals surface area (Å²) in [6, 6.07) is 21.5. The minimum atomic E-state index is -3.67. The molecule has 0 saturated heterocycles. The Kier molecular flexibility index (Phi) is 6.99. The lowest BCUT2D eigenvalue weighted by Gasteiger charge is -2.42. The standard InChI is InChI=1S/C26H27FNO4P/c1-4-31-33(29,32-5-2)26-24-9-7-6-8-20(24)18-25(19-10-16-23(30-3)17-11-19)28(26)22-14-12-21(27)13-15-22/h6-18,26H,4-5H2,1-3H3. The second kappa shape index (κ2) is 9.92. The summed E-state index contributed by atoms with van der Waals surface area (Å²) in [6.07, 6.45) is 2.04. The van der Waals surface area contributed by atoms with Crippen LogP contribution in [0.4, 0.5) is 10.1 Å². The molecule has 1 aliphatic heterocycles. The maximum Gasteiger partial charge on any atom is 0.357 e. The monoisotopic (exact) mass is 467 g/mol. The topological polar surface area (TPSA) is 48.0 Å². The van der Waals surface area contributed by atoms with Gasteiger partial charge in [0, 0.05) is 5.69 Å². The van der Waals surface area contributed by atoms with E-state index < -0.39 is 13.4 Å². The molecule has 0 saturated carbocycles. The number of methoxy groups -OCH3 is 1. The molecule has 0 N–H and O–H groups in total. The molecule has 7 heteroatoms. The van der Waals surface area contributed by atoms with Crippen LogP contribution in [-0.2, 0) is 13.6 Å². The average molecular weight is 467 g/mol. The van der Waals surface area contributed by atoms with Crippen LogP contribution < -0.4 is 9.64 Å². The maximum absolute atomic E-state index is 14.3. The van der Waals surface area contributed by atoms with Crippen LogP contribution in [0.3, 0.4) is 0 Å². The molecule has 3 aromatic carbocycles. The molecule has 0 radical (unpaired) electrons. The second-order valence-corrected chi connectivity index (χ2v) is 9.57. The van der Waals surface area contributed by atoms with Gasteiger partial charge in [0.15, 0.2) is 5.78 Å². The van der Waals surface area contributed by atoms with Crippen molar-refractivity contribution in [3.63, 3.8) is 0 Å². The Balaban J connectivity index is 1.98. The van der Waals surface area contributed by atoms with Crippen LogP contribution in [0, 0.1) is 5.82 Å². The first-order valence-electron chi connectivity index (χ1n) is 10.9. The predicted octanol–water partition coefficient (Wildman–Crippen LogP) is 7.12. The molecular weight excluding hydrogens is 440 g/mol. The van der Waals surface area contributed by atoms with Crippen molar-refractivity contribution in [1.29, 1.82) is 0 Å². The number of hydrogen-bond acceptors (Lipinski definition) is 5. The van der Waals surface area contributed by atoms with Crippen LogP contribution in [0.1, 0.15) is 36.3 Å². The van der Waals surface area contributed by atoms with E-state index in [2.05, 4.69) is 0 Å². The van der Waals surface area contributed by atoms with Crippen molar-refractivity contribution in [2.45, 2.75) is 19.6 Å². The number of nitrogens with zero attached hydrogens (tertiary/aromatic N) is 1. The molecule has 0 aliphatic carbocycles. The lowest BCUT2D eigenvalue weighted by Crippen LogP contribution is -2.31. The highest BCUT2D eigenvalue weighted by Crippen LogP contribution is 2.66. The highest BCUT2D eigenvalue weighted by molar-refractivity contribution is 7.54. The van der Waals surface area contributed by atoms with Gasteiger partial charge in [0.25, 0.3) is 0 Å². The van der Waals surface area contributed by atoms with Crippen molar-refractivity contribution >= 4 is 25.1 Å². The van der Waals surface area contributed by atoms with Crippen LogP contribution >= 0.6 is 7.60 Å². The predicted molar refractivity (Wildman–Crippen MR) is 130 cm³/mol. The van der Waals surface area contributed by atoms with Gasteiger partial charge in [0.2, 0.25) is 0 Å². The van der Waals surface area contributed by atoms with E-state index in [0.29, 0.717) is 5.69 Å². The van der Waals surface area contributed by atoms with Crippen LogP contribution in [0.15, 0.2) is 72.8 Å². The second-order valence-electron chi connectivity index (χ2n) is 7.48. The van der Waals surface area contributed by atoms with Crippen LogP contribution in [0.25, 0.3) is 11.8 Å². The lowest BCUT2D eigenvalue weighted by molar-refractivity contribution is 0.212. The third kappa shape index (κ3) is 4.60. The van der Waals surface area contributed by atoms with E-state index in [0.717, 1.165) is 28.1 Å². The zero-order valence-electron chi connectivity index (χ0n) is 18.9. The summed E-state index contributed by atoms with van der Waals surface area (Å²) in [6.45, 7) is 4.05. The Bertz CT molecular complexity index is 1170. The summed E-state index contributed by atoms with van der Waals surface area (Å²) in [5.41, 5.74) is 4.11. The van der Waals surface area contributed by atoms with Crippen molar-refractivity contribution in [2.24, 2.45) is 0 Å². The molecule has 0 bridgehead atoms. The molecule has 3 aromatic rings. The van der Waals surface area contributed by atoms with Crippen molar-refractivity contribution in [3.8, 4) is 5.75 Å². The van der Waals surface area contributed by atoms with Gasteiger partial charge in [-0.1, -0.05) is 24.3 Å². The zero-order valence-corrected chi connectivity index (χ0v) is 19.8. The summed E-state index contributed by atoms with van der Waals surface area (Å²) >= 11 is 0. The van der Waals surface area contributed by atoms with Gasteiger partial charge >= 0.3 is 7.60 Å². The smallest absolute Gasteiger partial charge is 0.357 e. The van der Waals surface area contributed by atoms with E-state index in [1.165, 1.54) is 12.1 Å². The highest BCUT2D eigenvalue weighted by Gasteiger charge is 2.45. The molecule has 33 heavy (non-hydrogen) atoms. The Labute approximate surface area is 193 Å². The third-order valence-electron chi connectivity index (χ3n) is 5.48. The Hall–Kier alpha value is -2.92. The first-order chi connectivity index (χ1) is 16.0. The van der Waals surface area contributed by atoms with Crippen molar-refractivity contribution < 1.29 is 22.7 Å². The maximum atomic E-state index is 14.3. The Morgan fingerprint density at radius 3 is 2.15 bits per heavy atom. The molecule has 1 aliphatic rings. The molecule has 1 atom stereocenters. The van der Waals surface area contributed by atoms with Gasteiger partial charge in [-0.15, -0.1) is 0 Å². The van der Waals surface area contributed by atoms with E-state index >= 15 is 0 Å². The summed E-state index contributed by atoms with van der Waals surface area (Å²) < 4.78 is 45.1. The summed E-state index contributed by atoms with van der Waals surface area (Å²) in [7, 11) is -2.05. The Morgan fingerprint density at radius 2 is 1.55 bits per heavy atom. The number of hydrogen-bond donors (Lipinski definition) is 0. The van der Waals surface area contributed by atoms with Gasteiger partial charge in [0.1, 0.15) is 11.6 Å². The lowest BCUT2D eigenvalue weighted by atomic mass is 9.97. The molecule has 5 nitrogen and oxygen atoms in total. The fraction of sp³-hybridized carbons (Fsp3) is 0.231. The quantitative estimate of drug-likeness (QED) is 0.330. The first kappa shape index (κ1) is 23.2. The largest absolute Gasteiger partial charge is 0.497 e. The molecule has 1 unspecified atom stereocenters. The zero-order chi connectivity index (χ0) is 23.4. The fourth-order valence-electron chi connectivity index (χ4n) is 4.08. The van der Waals surface area contributed by atoms with E-state index in [9.17, 15) is 8.96 Å². The Morgan fingerprint density at radius 1 is 0.909 bits per heavy atom. The number of ether oxygens (including phenoxy) is 1. The molecule has 172 valence electrons. The average Bonchev–Trinajstić information content (AvgIpc) is 2.84. The summed E-state index contributed by atoms with van der Waals surface area (Å²) in [5.74, 6) is -0.364. The van der Waals surface area contributed by atoms with E-state index in [4.69, 9.17) is 13.8 Å². The number of rotatable bonds is 8. The molecule has 0 aromatic heterocycles. The third-order valence-corrected chi connectivity index (χ3v) is 7.82. The summed E-state index contributed by atoms with van der Waals surface area (Å²) in [5, 5.41) is 0. The number of benzene rings is 3. The normalized spacial score (nSPS) is 15.7. The molecular formula is C26H27FNO4P. The molecule has 0 amide bonds. The molecule has 1 heterocycles. The van der Waals surface area contributed by atoms with Gasteiger partial charge in [-0.2, -0.15) is 0 Å². The van der Waals surface area contributed by atoms with Crippen molar-refractivity contribution in [1.82, 2.24) is 0 Å². The fourth-order valence-corrected chi connectivity index (χ4v) is 6.27. The molecule has 0 fully saturated rings. The van der Waals surface area contributed by atoms with Gasteiger partial charge in [-0.3, -0.25) is 4.57 Å². The summed E-state index contributed by atoms with van der Waals surface area (Å²) in [4.78, 5) is 1.93. The number of anilines is 1. The minimum absolute atomic E-state index is 0.231. The van der Waals surface area contributed by atoms with E-state index in [1.54, 1.807) is 33.1 Å². The molecule has 0 spiro atoms. The number of fused-ring (bicyclic) bond motifs is 1. The highest BCUT2D eigenvalue weighted by atomic mass is 31.2. The van der Waals surface area contributed by atoms with Gasteiger partial charge < -0.3 is 18.7 Å². The van der Waals surface area contributed by atoms with Gasteiger partial charge in [-0.05, 0) is 85.1 Å². The van der Waals surface area contributed by atoms with E-state index in [-0.39, 0.29) is 19.0 Å². The van der Waals surface area contributed by atoms with E-state index in [1.807, 2.05) is 59.5 Å². The first-order valence-corrected chi connectivity index (χ1v) is 12.5. The van der Waals surface area contributed by atoms with Crippen LogP contribution in [-0.4, -0.2) is 20.3 Å². The number of halogens is 1. The van der Waals surface area contributed by atoms with Crippen LogP contribution in [0.2, 0.25) is 0 Å². The molecule has 4 rings (SSSR count). The SMILES string of the molecule is CCOP(=O)(OCC)C1c2ccccc2C=C(c2ccc(OC)cc2)N1c1ccc(F)cc1.